The molecule has 1 aliphatic rings. The second kappa shape index (κ2) is 5.50. The molecule has 18 heavy (non-hydrogen) atoms. The fourth-order valence-corrected chi connectivity index (χ4v) is 2.85. The van der Waals surface area contributed by atoms with Crippen LogP contribution < -0.4 is 0 Å². The fourth-order valence-electron chi connectivity index (χ4n) is 2.85. The Kier molecular flexibility index (Phi) is 3.99. The lowest BCUT2D eigenvalue weighted by atomic mass is 9.79. The van der Waals surface area contributed by atoms with Crippen LogP contribution in [0.25, 0.3) is 0 Å². The molecule has 5 nitrogen and oxygen atoms in total. The van der Waals surface area contributed by atoms with Gasteiger partial charge in [0, 0.05) is 7.05 Å². The standard InChI is InChI=1S/C13H21N3O2/c1-3-18-12(17)13(8-6-4-5-7-9-13)11-14-10-15-16(11)2/h10H,3-9H2,1-2H3. The molecule has 5 heteroatoms. The molecule has 0 aliphatic heterocycles. The largest absolute Gasteiger partial charge is 0.465 e. The first-order valence-electron chi connectivity index (χ1n) is 6.72. The number of aryl methyl sites for hydroxylation is 1. The van der Waals surface area contributed by atoms with Crippen molar-refractivity contribution in [2.45, 2.75) is 50.9 Å². The van der Waals surface area contributed by atoms with Crippen molar-refractivity contribution < 1.29 is 9.53 Å². The van der Waals surface area contributed by atoms with Gasteiger partial charge in [0.2, 0.25) is 0 Å². The second-order valence-electron chi connectivity index (χ2n) is 4.92. The summed E-state index contributed by atoms with van der Waals surface area (Å²) in [6, 6.07) is 0. The average Bonchev–Trinajstić information content (AvgIpc) is 2.66. The zero-order valence-corrected chi connectivity index (χ0v) is 11.2. The summed E-state index contributed by atoms with van der Waals surface area (Å²) in [5.41, 5.74) is -0.586. The Labute approximate surface area is 108 Å². The topological polar surface area (TPSA) is 57.0 Å². The normalized spacial score (nSPS) is 19.2. The van der Waals surface area contributed by atoms with Crippen LogP contribution in [0.4, 0.5) is 0 Å². The minimum atomic E-state index is -0.586. The Morgan fingerprint density at radius 1 is 1.39 bits per heavy atom. The number of hydrogen-bond donors (Lipinski definition) is 0. The third-order valence-electron chi connectivity index (χ3n) is 3.76. The number of rotatable bonds is 3. The maximum absolute atomic E-state index is 12.4. The van der Waals surface area contributed by atoms with Gasteiger partial charge in [-0.1, -0.05) is 25.7 Å². The van der Waals surface area contributed by atoms with Crippen LogP contribution in [0.5, 0.6) is 0 Å². The predicted octanol–water partition coefficient (Wildman–Crippen LogP) is 1.97. The summed E-state index contributed by atoms with van der Waals surface area (Å²) < 4.78 is 7.01. The molecule has 0 radical (unpaired) electrons. The Hall–Kier alpha value is -1.39. The molecule has 1 saturated carbocycles. The number of nitrogens with zero attached hydrogens (tertiary/aromatic N) is 3. The van der Waals surface area contributed by atoms with Crippen LogP contribution >= 0.6 is 0 Å². The van der Waals surface area contributed by atoms with E-state index < -0.39 is 5.41 Å². The van der Waals surface area contributed by atoms with E-state index in [1.165, 1.54) is 19.2 Å². The molecule has 0 saturated heterocycles. The van der Waals surface area contributed by atoms with Gasteiger partial charge in [0.1, 0.15) is 17.6 Å². The van der Waals surface area contributed by atoms with E-state index in [2.05, 4.69) is 10.1 Å². The molecule has 0 unspecified atom stereocenters. The molecule has 0 atom stereocenters. The van der Waals surface area contributed by atoms with E-state index in [4.69, 9.17) is 4.74 Å². The molecule has 0 amide bonds. The van der Waals surface area contributed by atoms with Gasteiger partial charge in [0.15, 0.2) is 0 Å². The first kappa shape index (κ1) is 13.1. The summed E-state index contributed by atoms with van der Waals surface area (Å²) in [5, 5.41) is 4.11. The quantitative estimate of drug-likeness (QED) is 0.609. The number of ether oxygens (including phenoxy) is 1. The van der Waals surface area contributed by atoms with Gasteiger partial charge in [-0.25, -0.2) is 4.98 Å². The molecule has 0 spiro atoms. The Morgan fingerprint density at radius 3 is 2.56 bits per heavy atom. The summed E-state index contributed by atoms with van der Waals surface area (Å²) in [4.78, 5) is 16.7. The highest BCUT2D eigenvalue weighted by atomic mass is 16.5. The molecule has 1 aromatic heterocycles. The summed E-state index contributed by atoms with van der Waals surface area (Å²) in [7, 11) is 1.84. The molecule has 1 aromatic rings. The van der Waals surface area contributed by atoms with Crippen molar-refractivity contribution in [3.05, 3.63) is 12.2 Å². The Balaban J connectivity index is 2.38. The fraction of sp³-hybridized carbons (Fsp3) is 0.769. The predicted molar refractivity (Wildman–Crippen MR) is 67.0 cm³/mol. The summed E-state index contributed by atoms with van der Waals surface area (Å²) in [6.45, 7) is 2.26. The molecule has 0 bridgehead atoms. The van der Waals surface area contributed by atoms with E-state index in [1.54, 1.807) is 4.68 Å². The van der Waals surface area contributed by atoms with E-state index in [0.29, 0.717) is 6.61 Å². The van der Waals surface area contributed by atoms with E-state index in [9.17, 15) is 4.79 Å². The van der Waals surface area contributed by atoms with Crippen molar-refractivity contribution in [3.63, 3.8) is 0 Å². The number of aromatic nitrogens is 3. The Bertz CT molecular complexity index is 406. The van der Waals surface area contributed by atoms with Crippen LogP contribution in [0.15, 0.2) is 6.33 Å². The molecule has 0 N–H and O–H groups in total. The number of esters is 1. The van der Waals surface area contributed by atoms with Crippen LogP contribution in [0.2, 0.25) is 0 Å². The maximum Gasteiger partial charge on any atom is 0.319 e. The monoisotopic (exact) mass is 251 g/mol. The van der Waals surface area contributed by atoms with Gasteiger partial charge in [-0.2, -0.15) is 5.10 Å². The lowest BCUT2D eigenvalue weighted by Crippen LogP contribution is -2.39. The highest BCUT2D eigenvalue weighted by molar-refractivity contribution is 5.82. The first-order chi connectivity index (χ1) is 8.70. The number of carbonyl (C=O) groups excluding carboxylic acids is 1. The molecular weight excluding hydrogens is 230 g/mol. The molecular formula is C13H21N3O2. The third-order valence-corrected chi connectivity index (χ3v) is 3.76. The molecule has 0 aromatic carbocycles. The third kappa shape index (κ3) is 2.26. The summed E-state index contributed by atoms with van der Waals surface area (Å²) in [5.74, 6) is 0.617. The van der Waals surface area contributed by atoms with E-state index in [0.717, 1.165) is 31.5 Å². The minimum absolute atomic E-state index is 0.136. The van der Waals surface area contributed by atoms with Gasteiger partial charge >= 0.3 is 5.97 Å². The van der Waals surface area contributed by atoms with Crippen LogP contribution in [-0.2, 0) is 22.0 Å². The van der Waals surface area contributed by atoms with Crippen molar-refractivity contribution in [3.8, 4) is 0 Å². The van der Waals surface area contributed by atoms with Crippen LogP contribution in [0.3, 0.4) is 0 Å². The summed E-state index contributed by atoms with van der Waals surface area (Å²) >= 11 is 0. The molecule has 1 fully saturated rings. The van der Waals surface area contributed by atoms with E-state index in [1.807, 2.05) is 14.0 Å². The highest BCUT2D eigenvalue weighted by Gasteiger charge is 2.45. The van der Waals surface area contributed by atoms with Gasteiger partial charge in [0.05, 0.1) is 6.61 Å². The Morgan fingerprint density at radius 2 is 2.06 bits per heavy atom. The zero-order valence-electron chi connectivity index (χ0n) is 11.2. The van der Waals surface area contributed by atoms with Gasteiger partial charge in [-0.15, -0.1) is 0 Å². The van der Waals surface area contributed by atoms with Crippen LogP contribution in [0.1, 0.15) is 51.3 Å². The zero-order chi connectivity index (χ0) is 13.0. The lowest BCUT2D eigenvalue weighted by Gasteiger charge is -2.28. The average molecular weight is 251 g/mol. The van der Waals surface area contributed by atoms with Crippen LogP contribution in [-0.4, -0.2) is 27.3 Å². The van der Waals surface area contributed by atoms with Crippen molar-refractivity contribution in [1.29, 1.82) is 0 Å². The van der Waals surface area contributed by atoms with Gasteiger partial charge < -0.3 is 4.74 Å². The molecule has 100 valence electrons. The van der Waals surface area contributed by atoms with Crippen molar-refractivity contribution in [2.75, 3.05) is 6.61 Å². The van der Waals surface area contributed by atoms with Gasteiger partial charge in [-0.05, 0) is 19.8 Å². The lowest BCUT2D eigenvalue weighted by molar-refractivity contribution is -0.151. The summed E-state index contributed by atoms with van der Waals surface area (Å²) in [6.07, 6.45) is 7.60. The number of carbonyl (C=O) groups is 1. The smallest absolute Gasteiger partial charge is 0.319 e. The van der Waals surface area contributed by atoms with E-state index >= 15 is 0 Å². The minimum Gasteiger partial charge on any atom is -0.465 e. The first-order valence-corrected chi connectivity index (χ1v) is 6.72. The van der Waals surface area contributed by atoms with Crippen molar-refractivity contribution in [1.82, 2.24) is 14.8 Å². The second-order valence-corrected chi connectivity index (χ2v) is 4.92. The SMILES string of the molecule is CCOC(=O)C1(c2ncnn2C)CCCCCC1. The maximum atomic E-state index is 12.4. The molecule has 1 aliphatic carbocycles. The van der Waals surface area contributed by atoms with E-state index in [-0.39, 0.29) is 5.97 Å². The van der Waals surface area contributed by atoms with Gasteiger partial charge in [-0.3, -0.25) is 9.48 Å². The van der Waals surface area contributed by atoms with Gasteiger partial charge in [0.25, 0.3) is 0 Å². The highest BCUT2D eigenvalue weighted by Crippen LogP contribution is 2.38. The van der Waals surface area contributed by atoms with Crippen molar-refractivity contribution >= 4 is 5.97 Å². The molecule has 2 rings (SSSR count). The van der Waals surface area contributed by atoms with Crippen molar-refractivity contribution in [2.24, 2.45) is 7.05 Å². The van der Waals surface area contributed by atoms with Crippen LogP contribution in [0, 0.1) is 0 Å². The molecule has 1 heterocycles. The number of hydrogen-bond acceptors (Lipinski definition) is 4.